The molecule has 0 aromatic heterocycles. The molecule has 3 rings (SSSR count). The summed E-state index contributed by atoms with van der Waals surface area (Å²) in [7, 11) is 0. The molecular weight excluding hydrogens is 354 g/mol. The van der Waals surface area contributed by atoms with E-state index in [1.165, 1.54) is 19.3 Å². The normalized spacial score (nSPS) is 23.6. The highest BCUT2D eigenvalue weighted by Crippen LogP contribution is 2.17. The molecule has 0 spiro atoms. The maximum absolute atomic E-state index is 12.7. The summed E-state index contributed by atoms with van der Waals surface area (Å²) < 4.78 is 5.70. The predicted octanol–water partition coefficient (Wildman–Crippen LogP) is 3.14. The maximum atomic E-state index is 12.7. The van der Waals surface area contributed by atoms with Crippen molar-refractivity contribution in [3.63, 3.8) is 0 Å². The fourth-order valence-corrected chi connectivity index (χ4v) is 4.04. The van der Waals surface area contributed by atoms with Crippen LogP contribution in [0.5, 0.6) is 0 Å². The van der Waals surface area contributed by atoms with E-state index in [-0.39, 0.29) is 24.0 Å². The zero-order chi connectivity index (χ0) is 19.9. The van der Waals surface area contributed by atoms with Crippen LogP contribution in [0.2, 0.25) is 0 Å². The maximum Gasteiger partial charge on any atom is 0.254 e. The third-order valence-corrected chi connectivity index (χ3v) is 5.49. The standard InChI is InChI=1S/C22H33N3O3/c1-17-15-25(16-18(2)28-17)22(27)19-8-10-20(11-9-19)23-14-21(26)24-12-6-4-3-5-7-13-24/h8-11,17-18,23H,3-7,12-16H2,1-2H3/t17-,18-/m0/s1. The van der Waals surface area contributed by atoms with E-state index in [0.29, 0.717) is 25.2 Å². The Hall–Kier alpha value is -2.08. The topological polar surface area (TPSA) is 61.9 Å². The molecule has 2 fully saturated rings. The average Bonchev–Trinajstić information content (AvgIpc) is 2.65. The van der Waals surface area contributed by atoms with Gasteiger partial charge < -0.3 is 19.9 Å². The lowest BCUT2D eigenvalue weighted by Gasteiger charge is -2.35. The molecule has 0 aliphatic carbocycles. The van der Waals surface area contributed by atoms with Gasteiger partial charge in [0.2, 0.25) is 5.91 Å². The molecule has 6 nitrogen and oxygen atoms in total. The van der Waals surface area contributed by atoms with Crippen molar-refractivity contribution in [3.8, 4) is 0 Å². The molecule has 1 aromatic rings. The number of carbonyl (C=O) groups excluding carboxylic acids is 2. The Kier molecular flexibility index (Phi) is 7.31. The Morgan fingerprint density at radius 1 is 0.929 bits per heavy atom. The molecule has 0 radical (unpaired) electrons. The number of rotatable bonds is 4. The second kappa shape index (κ2) is 9.92. The number of hydrogen-bond acceptors (Lipinski definition) is 4. The SMILES string of the molecule is C[C@H]1CN(C(=O)c2ccc(NCC(=O)N3CCCCCCC3)cc2)C[C@H](C)O1. The molecule has 1 N–H and O–H groups in total. The van der Waals surface area contributed by atoms with Crippen LogP contribution in [-0.4, -0.2) is 66.5 Å². The summed E-state index contributed by atoms with van der Waals surface area (Å²) in [6.07, 6.45) is 6.03. The Labute approximate surface area is 168 Å². The summed E-state index contributed by atoms with van der Waals surface area (Å²) in [6.45, 7) is 7.25. The van der Waals surface area contributed by atoms with Crippen LogP contribution >= 0.6 is 0 Å². The number of nitrogens with one attached hydrogen (secondary N) is 1. The van der Waals surface area contributed by atoms with Gasteiger partial charge in [-0.2, -0.15) is 0 Å². The number of morpholine rings is 1. The number of benzene rings is 1. The van der Waals surface area contributed by atoms with Crippen molar-refractivity contribution in [3.05, 3.63) is 29.8 Å². The smallest absolute Gasteiger partial charge is 0.254 e. The van der Waals surface area contributed by atoms with Crippen LogP contribution in [0.25, 0.3) is 0 Å². The first-order valence-electron chi connectivity index (χ1n) is 10.6. The summed E-state index contributed by atoms with van der Waals surface area (Å²) >= 11 is 0. The number of hydrogen-bond donors (Lipinski definition) is 1. The van der Waals surface area contributed by atoms with E-state index < -0.39 is 0 Å². The highest BCUT2D eigenvalue weighted by Gasteiger charge is 2.26. The fourth-order valence-electron chi connectivity index (χ4n) is 4.04. The molecule has 1 aromatic carbocycles. The van der Waals surface area contributed by atoms with Crippen LogP contribution in [0.1, 0.15) is 56.3 Å². The van der Waals surface area contributed by atoms with Crippen LogP contribution in [0.4, 0.5) is 5.69 Å². The summed E-state index contributed by atoms with van der Waals surface area (Å²) in [5, 5.41) is 3.20. The van der Waals surface area contributed by atoms with Crippen molar-refractivity contribution in [2.24, 2.45) is 0 Å². The molecule has 2 atom stereocenters. The van der Waals surface area contributed by atoms with Gasteiger partial charge in [-0.05, 0) is 51.0 Å². The number of amides is 2. The molecule has 2 aliphatic heterocycles. The van der Waals surface area contributed by atoms with E-state index >= 15 is 0 Å². The summed E-state index contributed by atoms with van der Waals surface area (Å²) in [6, 6.07) is 7.41. The number of carbonyl (C=O) groups is 2. The van der Waals surface area contributed by atoms with Gasteiger partial charge in [0.1, 0.15) is 0 Å². The van der Waals surface area contributed by atoms with Gasteiger partial charge in [0.05, 0.1) is 18.8 Å². The Balaban J connectivity index is 1.51. The van der Waals surface area contributed by atoms with Gasteiger partial charge in [-0.15, -0.1) is 0 Å². The zero-order valence-corrected chi connectivity index (χ0v) is 17.2. The van der Waals surface area contributed by atoms with E-state index in [2.05, 4.69) is 5.32 Å². The van der Waals surface area contributed by atoms with Gasteiger partial charge in [0, 0.05) is 37.4 Å². The molecule has 2 aliphatic rings. The number of nitrogens with zero attached hydrogens (tertiary/aromatic N) is 2. The zero-order valence-electron chi connectivity index (χ0n) is 17.2. The molecule has 28 heavy (non-hydrogen) atoms. The summed E-state index contributed by atoms with van der Waals surface area (Å²) in [5.41, 5.74) is 1.53. The highest BCUT2D eigenvalue weighted by molar-refractivity contribution is 5.94. The van der Waals surface area contributed by atoms with Gasteiger partial charge in [0.25, 0.3) is 5.91 Å². The van der Waals surface area contributed by atoms with E-state index in [1.807, 2.05) is 47.9 Å². The quantitative estimate of drug-likeness (QED) is 0.862. The molecule has 0 bridgehead atoms. The minimum atomic E-state index is 0.0326. The largest absolute Gasteiger partial charge is 0.376 e. The Bertz CT molecular complexity index is 643. The van der Waals surface area contributed by atoms with E-state index in [0.717, 1.165) is 31.6 Å². The minimum Gasteiger partial charge on any atom is -0.376 e. The lowest BCUT2D eigenvalue weighted by molar-refractivity contribution is -0.129. The number of anilines is 1. The van der Waals surface area contributed by atoms with Crippen LogP contribution in [-0.2, 0) is 9.53 Å². The van der Waals surface area contributed by atoms with Crippen molar-refractivity contribution >= 4 is 17.5 Å². The molecule has 2 amide bonds. The number of likely N-dealkylation sites (tertiary alicyclic amines) is 1. The fraction of sp³-hybridized carbons (Fsp3) is 0.636. The first-order chi connectivity index (χ1) is 13.5. The highest BCUT2D eigenvalue weighted by atomic mass is 16.5. The van der Waals surface area contributed by atoms with Crippen molar-refractivity contribution in [2.75, 3.05) is 38.0 Å². The lowest BCUT2D eigenvalue weighted by Crippen LogP contribution is -2.48. The number of ether oxygens (including phenoxy) is 1. The van der Waals surface area contributed by atoms with Crippen molar-refractivity contribution in [1.29, 1.82) is 0 Å². The van der Waals surface area contributed by atoms with Crippen LogP contribution in [0, 0.1) is 0 Å². The predicted molar refractivity (Wildman–Crippen MR) is 111 cm³/mol. The van der Waals surface area contributed by atoms with Crippen molar-refractivity contribution in [1.82, 2.24) is 9.80 Å². The van der Waals surface area contributed by atoms with Crippen LogP contribution < -0.4 is 5.32 Å². The van der Waals surface area contributed by atoms with E-state index in [1.54, 1.807) is 0 Å². The second-order valence-corrected chi connectivity index (χ2v) is 8.05. The van der Waals surface area contributed by atoms with Crippen molar-refractivity contribution < 1.29 is 14.3 Å². The molecule has 0 unspecified atom stereocenters. The molecule has 6 heteroatoms. The summed E-state index contributed by atoms with van der Waals surface area (Å²) in [5.74, 6) is 0.184. The van der Waals surface area contributed by atoms with Gasteiger partial charge in [-0.25, -0.2) is 0 Å². The summed E-state index contributed by atoms with van der Waals surface area (Å²) in [4.78, 5) is 29.0. The molecule has 154 valence electrons. The lowest BCUT2D eigenvalue weighted by atomic mass is 10.1. The first kappa shape index (κ1) is 20.6. The Morgan fingerprint density at radius 2 is 1.50 bits per heavy atom. The Morgan fingerprint density at radius 3 is 2.11 bits per heavy atom. The van der Waals surface area contributed by atoms with E-state index in [4.69, 9.17) is 4.74 Å². The average molecular weight is 388 g/mol. The van der Waals surface area contributed by atoms with Gasteiger partial charge in [0.15, 0.2) is 0 Å². The van der Waals surface area contributed by atoms with Gasteiger partial charge >= 0.3 is 0 Å². The molecular formula is C22H33N3O3. The van der Waals surface area contributed by atoms with Gasteiger partial charge in [-0.3, -0.25) is 9.59 Å². The van der Waals surface area contributed by atoms with Gasteiger partial charge in [-0.1, -0.05) is 19.3 Å². The molecule has 2 heterocycles. The molecule has 0 saturated carbocycles. The van der Waals surface area contributed by atoms with E-state index in [9.17, 15) is 9.59 Å². The third-order valence-electron chi connectivity index (χ3n) is 5.49. The third kappa shape index (κ3) is 5.71. The van der Waals surface area contributed by atoms with Crippen LogP contribution in [0.3, 0.4) is 0 Å². The second-order valence-electron chi connectivity index (χ2n) is 8.05. The molecule has 2 saturated heterocycles. The van der Waals surface area contributed by atoms with Crippen molar-refractivity contribution in [2.45, 2.75) is 58.2 Å². The minimum absolute atomic E-state index is 0.0326. The van der Waals surface area contributed by atoms with Crippen LogP contribution in [0.15, 0.2) is 24.3 Å². The monoisotopic (exact) mass is 387 g/mol. The first-order valence-corrected chi connectivity index (χ1v) is 10.6.